The third kappa shape index (κ3) is 8.38. The van der Waals surface area contributed by atoms with Crippen molar-refractivity contribution >= 4 is 41.3 Å². The van der Waals surface area contributed by atoms with E-state index >= 15 is 0 Å². The second kappa shape index (κ2) is 11.4. The third-order valence-electron chi connectivity index (χ3n) is 2.38. The van der Waals surface area contributed by atoms with E-state index in [1.54, 1.807) is 25.5 Å². The van der Waals surface area contributed by atoms with E-state index in [1.165, 1.54) is 0 Å². The summed E-state index contributed by atoms with van der Waals surface area (Å²) in [6.07, 6.45) is 1.89. The van der Waals surface area contributed by atoms with Gasteiger partial charge in [0.1, 0.15) is 0 Å². The molecule has 0 aliphatic carbocycles. The van der Waals surface area contributed by atoms with Gasteiger partial charge in [-0.3, -0.25) is 4.99 Å². The van der Waals surface area contributed by atoms with E-state index in [0.29, 0.717) is 0 Å². The molecule has 0 saturated carbocycles. The van der Waals surface area contributed by atoms with Gasteiger partial charge in [0.05, 0.1) is 10.7 Å². The highest BCUT2D eigenvalue weighted by atomic mass is 127. The van der Waals surface area contributed by atoms with E-state index in [1.807, 2.05) is 6.92 Å². The molecule has 110 valence electrons. The lowest BCUT2D eigenvalue weighted by Crippen LogP contribution is -2.39. The summed E-state index contributed by atoms with van der Waals surface area (Å²) in [7, 11) is 3.49. The Hall–Kier alpha value is -0.410. The molecule has 1 rings (SSSR count). The molecule has 0 fully saturated rings. The number of hydrogen-bond donors (Lipinski definition) is 2. The number of halogens is 1. The predicted molar refractivity (Wildman–Crippen MR) is 91.8 cm³/mol. The van der Waals surface area contributed by atoms with Gasteiger partial charge in [0.25, 0.3) is 0 Å². The Balaban J connectivity index is 0.00000324. The quantitative estimate of drug-likeness (QED) is 0.319. The number of nitrogens with zero attached hydrogens (tertiary/aromatic N) is 2. The Morgan fingerprint density at radius 1 is 1.42 bits per heavy atom. The van der Waals surface area contributed by atoms with E-state index in [0.717, 1.165) is 49.2 Å². The van der Waals surface area contributed by atoms with E-state index in [2.05, 4.69) is 26.0 Å². The minimum atomic E-state index is 0. The van der Waals surface area contributed by atoms with Crippen LogP contribution in [0.2, 0.25) is 0 Å². The van der Waals surface area contributed by atoms with Gasteiger partial charge < -0.3 is 15.4 Å². The number of thiazole rings is 1. The molecule has 1 heterocycles. The minimum Gasteiger partial charge on any atom is -0.385 e. The van der Waals surface area contributed by atoms with Gasteiger partial charge in [0.15, 0.2) is 5.96 Å². The van der Waals surface area contributed by atoms with Crippen LogP contribution in [0.4, 0.5) is 0 Å². The SMILES string of the molecule is CN=C(NCCCOC)NCCc1csc(C)n1.I. The highest BCUT2D eigenvalue weighted by Gasteiger charge is 2.00. The molecule has 0 spiro atoms. The molecule has 0 radical (unpaired) electrons. The monoisotopic (exact) mass is 398 g/mol. The Labute approximate surface area is 136 Å². The largest absolute Gasteiger partial charge is 0.385 e. The van der Waals surface area contributed by atoms with Crippen LogP contribution in [0.15, 0.2) is 10.4 Å². The first-order chi connectivity index (χ1) is 8.76. The fourth-order valence-corrected chi connectivity index (χ4v) is 2.12. The molecular weight excluding hydrogens is 375 g/mol. The number of rotatable bonds is 7. The van der Waals surface area contributed by atoms with Crippen LogP contribution in [-0.2, 0) is 11.2 Å². The Morgan fingerprint density at radius 2 is 2.16 bits per heavy atom. The molecule has 0 aliphatic heterocycles. The Bertz CT molecular complexity index is 370. The predicted octanol–water partition coefficient (Wildman–Crippen LogP) is 1.81. The molecule has 0 bridgehead atoms. The van der Waals surface area contributed by atoms with Crippen molar-refractivity contribution in [1.82, 2.24) is 15.6 Å². The highest BCUT2D eigenvalue weighted by molar-refractivity contribution is 14.0. The summed E-state index contributed by atoms with van der Waals surface area (Å²) in [5.41, 5.74) is 1.14. The molecule has 7 heteroatoms. The molecule has 19 heavy (non-hydrogen) atoms. The number of ether oxygens (including phenoxy) is 1. The number of hydrogen-bond acceptors (Lipinski definition) is 4. The average Bonchev–Trinajstić information content (AvgIpc) is 2.78. The molecule has 0 unspecified atom stereocenters. The van der Waals surface area contributed by atoms with Crippen molar-refractivity contribution in [2.24, 2.45) is 4.99 Å². The summed E-state index contributed by atoms with van der Waals surface area (Å²) in [6, 6.07) is 0. The third-order valence-corrected chi connectivity index (χ3v) is 3.20. The first-order valence-corrected chi connectivity index (χ1v) is 6.98. The van der Waals surface area contributed by atoms with Crippen molar-refractivity contribution in [2.75, 3.05) is 33.9 Å². The summed E-state index contributed by atoms with van der Waals surface area (Å²) in [5, 5.41) is 9.72. The number of aryl methyl sites for hydroxylation is 1. The molecular formula is C12H23IN4OS. The number of nitrogens with one attached hydrogen (secondary N) is 2. The fourth-order valence-electron chi connectivity index (χ4n) is 1.48. The number of methoxy groups -OCH3 is 1. The lowest BCUT2D eigenvalue weighted by atomic mass is 10.3. The second-order valence-corrected chi connectivity index (χ2v) is 4.94. The molecule has 0 saturated heterocycles. The highest BCUT2D eigenvalue weighted by Crippen LogP contribution is 2.07. The van der Waals surface area contributed by atoms with Crippen LogP contribution in [0.1, 0.15) is 17.1 Å². The maximum absolute atomic E-state index is 4.99. The van der Waals surface area contributed by atoms with Crippen molar-refractivity contribution in [3.05, 3.63) is 16.1 Å². The summed E-state index contributed by atoms with van der Waals surface area (Å²) in [6.45, 7) is 4.50. The molecule has 1 aromatic heterocycles. The van der Waals surface area contributed by atoms with Crippen LogP contribution in [0, 0.1) is 6.92 Å². The average molecular weight is 398 g/mol. The van der Waals surface area contributed by atoms with Gasteiger partial charge in [-0.1, -0.05) is 0 Å². The zero-order valence-electron chi connectivity index (χ0n) is 11.7. The molecule has 0 amide bonds. The van der Waals surface area contributed by atoms with E-state index in [-0.39, 0.29) is 24.0 Å². The van der Waals surface area contributed by atoms with Gasteiger partial charge in [-0.15, -0.1) is 35.3 Å². The van der Waals surface area contributed by atoms with Crippen molar-refractivity contribution in [3.8, 4) is 0 Å². The van der Waals surface area contributed by atoms with Crippen molar-refractivity contribution in [2.45, 2.75) is 19.8 Å². The van der Waals surface area contributed by atoms with Gasteiger partial charge in [-0.25, -0.2) is 4.98 Å². The van der Waals surface area contributed by atoms with Crippen molar-refractivity contribution in [1.29, 1.82) is 0 Å². The Kier molecular flexibility index (Phi) is 11.2. The molecule has 2 N–H and O–H groups in total. The van der Waals surface area contributed by atoms with Crippen LogP contribution in [0.5, 0.6) is 0 Å². The number of aromatic nitrogens is 1. The van der Waals surface area contributed by atoms with Crippen LogP contribution in [0.3, 0.4) is 0 Å². The fraction of sp³-hybridized carbons (Fsp3) is 0.667. The number of aliphatic imine (C=N–C) groups is 1. The lowest BCUT2D eigenvalue weighted by molar-refractivity contribution is 0.195. The lowest BCUT2D eigenvalue weighted by Gasteiger charge is -2.10. The van der Waals surface area contributed by atoms with Gasteiger partial charge in [0.2, 0.25) is 0 Å². The van der Waals surface area contributed by atoms with Crippen molar-refractivity contribution in [3.63, 3.8) is 0 Å². The molecule has 0 aliphatic rings. The molecule has 5 nitrogen and oxygen atoms in total. The topological polar surface area (TPSA) is 58.5 Å². The summed E-state index contributed by atoms with van der Waals surface area (Å²) < 4.78 is 4.99. The van der Waals surface area contributed by atoms with E-state index in [9.17, 15) is 0 Å². The van der Waals surface area contributed by atoms with Gasteiger partial charge in [0, 0.05) is 45.7 Å². The van der Waals surface area contributed by atoms with E-state index < -0.39 is 0 Å². The zero-order chi connectivity index (χ0) is 13.2. The van der Waals surface area contributed by atoms with Crippen LogP contribution >= 0.6 is 35.3 Å². The molecule has 1 aromatic rings. The smallest absolute Gasteiger partial charge is 0.190 e. The van der Waals surface area contributed by atoms with Gasteiger partial charge >= 0.3 is 0 Å². The zero-order valence-corrected chi connectivity index (χ0v) is 14.9. The summed E-state index contributed by atoms with van der Waals surface area (Å²) in [4.78, 5) is 8.58. The van der Waals surface area contributed by atoms with Crippen LogP contribution in [-0.4, -0.2) is 44.8 Å². The molecule has 0 atom stereocenters. The first kappa shape index (κ1) is 18.6. The van der Waals surface area contributed by atoms with Gasteiger partial charge in [-0.2, -0.15) is 0 Å². The number of guanidine groups is 1. The van der Waals surface area contributed by atoms with Crippen LogP contribution in [0.25, 0.3) is 0 Å². The minimum absolute atomic E-state index is 0. The van der Waals surface area contributed by atoms with Gasteiger partial charge in [-0.05, 0) is 13.3 Å². The maximum Gasteiger partial charge on any atom is 0.190 e. The second-order valence-electron chi connectivity index (χ2n) is 3.88. The van der Waals surface area contributed by atoms with E-state index in [4.69, 9.17) is 4.74 Å². The standard InChI is InChI=1S/C12H22N4OS.HI/c1-10-16-11(9-18-10)5-7-15-12(13-2)14-6-4-8-17-3;/h9H,4-8H2,1-3H3,(H2,13,14,15);1H. The van der Waals surface area contributed by atoms with Crippen molar-refractivity contribution < 1.29 is 4.74 Å². The van der Waals surface area contributed by atoms with Crippen LogP contribution < -0.4 is 10.6 Å². The summed E-state index contributed by atoms with van der Waals surface area (Å²) >= 11 is 1.69. The maximum atomic E-state index is 4.99. The normalized spacial score (nSPS) is 11.0. The Morgan fingerprint density at radius 3 is 2.74 bits per heavy atom. The first-order valence-electron chi connectivity index (χ1n) is 6.10. The molecule has 0 aromatic carbocycles. The summed E-state index contributed by atoms with van der Waals surface area (Å²) in [5.74, 6) is 0.832.